The fraction of sp³-hybridized carbons (Fsp3) is 0.360. The number of fused-ring (bicyclic) bond motifs is 4. The van der Waals surface area contributed by atoms with Crippen molar-refractivity contribution in [2.45, 2.75) is 26.3 Å². The zero-order valence-corrected chi connectivity index (χ0v) is 18.3. The molecule has 2 aliphatic rings. The van der Waals surface area contributed by atoms with Crippen LogP contribution in [0, 0.1) is 6.92 Å². The van der Waals surface area contributed by atoms with Crippen LogP contribution >= 0.6 is 0 Å². The first kappa shape index (κ1) is 19.4. The number of oxazole rings is 1. The molecule has 32 heavy (non-hydrogen) atoms. The fourth-order valence-electron chi connectivity index (χ4n) is 4.92. The van der Waals surface area contributed by atoms with Crippen LogP contribution in [-0.4, -0.2) is 47.6 Å². The summed E-state index contributed by atoms with van der Waals surface area (Å²) in [4.78, 5) is 25.0. The number of aryl methyl sites for hydroxylation is 1. The Labute approximate surface area is 186 Å². The quantitative estimate of drug-likeness (QED) is 0.518. The second-order valence-corrected chi connectivity index (χ2v) is 8.95. The number of nitrogens with one attached hydrogen (secondary N) is 2. The minimum atomic E-state index is 0.0407. The van der Waals surface area contributed by atoms with E-state index in [0.29, 0.717) is 6.01 Å². The average molecular weight is 430 g/mol. The van der Waals surface area contributed by atoms with Crippen LogP contribution in [0.2, 0.25) is 0 Å². The van der Waals surface area contributed by atoms with E-state index in [4.69, 9.17) is 4.42 Å². The van der Waals surface area contributed by atoms with Crippen LogP contribution in [0.4, 0.5) is 11.7 Å². The van der Waals surface area contributed by atoms with Crippen LogP contribution in [0.3, 0.4) is 0 Å². The highest BCUT2D eigenvalue weighted by molar-refractivity contribution is 5.93. The molecule has 164 valence electrons. The number of benzene rings is 2. The SMILES string of the molecule is Cc1ccc2oc(N3CCN(Cc4ccc5c6c(c(=O)[nH]c5c4)CCCN6)CC3)nc2c1. The first-order valence-corrected chi connectivity index (χ1v) is 11.4. The third kappa shape index (κ3) is 3.42. The normalized spacial score (nSPS) is 17.0. The number of nitrogens with zero attached hydrogens (tertiary/aromatic N) is 3. The Hall–Kier alpha value is -3.32. The number of pyridine rings is 1. The number of H-pyrrole nitrogens is 1. The molecule has 0 bridgehead atoms. The number of hydrogen-bond acceptors (Lipinski definition) is 6. The largest absolute Gasteiger partial charge is 0.423 e. The molecule has 0 radical (unpaired) electrons. The Balaban J connectivity index is 1.16. The molecule has 0 saturated carbocycles. The molecule has 0 atom stereocenters. The van der Waals surface area contributed by atoms with Crippen molar-refractivity contribution in [3.63, 3.8) is 0 Å². The van der Waals surface area contributed by atoms with Gasteiger partial charge in [0.1, 0.15) is 5.52 Å². The van der Waals surface area contributed by atoms with E-state index < -0.39 is 0 Å². The van der Waals surface area contributed by atoms with Gasteiger partial charge in [-0.1, -0.05) is 18.2 Å². The second-order valence-electron chi connectivity index (χ2n) is 8.95. The summed E-state index contributed by atoms with van der Waals surface area (Å²) in [5.74, 6) is 0. The lowest BCUT2D eigenvalue weighted by Crippen LogP contribution is -2.46. The van der Waals surface area contributed by atoms with Gasteiger partial charge in [-0.15, -0.1) is 0 Å². The van der Waals surface area contributed by atoms with Crippen molar-refractivity contribution in [2.75, 3.05) is 42.9 Å². The molecule has 7 heteroatoms. The van der Waals surface area contributed by atoms with Crippen molar-refractivity contribution in [3.05, 3.63) is 63.4 Å². The van der Waals surface area contributed by atoms with E-state index in [1.807, 2.05) is 6.07 Å². The summed E-state index contributed by atoms with van der Waals surface area (Å²) < 4.78 is 5.98. The van der Waals surface area contributed by atoms with Gasteiger partial charge in [-0.05, 0) is 49.1 Å². The molecule has 2 N–H and O–H groups in total. The number of piperazine rings is 1. The van der Waals surface area contributed by atoms with E-state index in [-0.39, 0.29) is 5.56 Å². The van der Waals surface area contributed by atoms with Crippen molar-refractivity contribution in [1.29, 1.82) is 0 Å². The Bertz CT molecular complexity index is 1360. The highest BCUT2D eigenvalue weighted by Crippen LogP contribution is 2.28. The molecule has 4 heterocycles. The summed E-state index contributed by atoms with van der Waals surface area (Å²) in [7, 11) is 0. The standard InChI is InChI=1S/C25H27N5O2/c1-16-4-7-22-21(13-16)28-25(32-22)30-11-9-29(10-12-30)15-17-5-6-18-20(14-17)27-24(31)19-3-2-8-26-23(18)19/h4-7,13-14,26H,2-3,8-12,15H2,1H3,(H,27,31). The van der Waals surface area contributed by atoms with Crippen molar-refractivity contribution < 1.29 is 4.42 Å². The lowest BCUT2D eigenvalue weighted by atomic mass is 10.0. The predicted octanol–water partition coefficient (Wildman–Crippen LogP) is 3.66. The summed E-state index contributed by atoms with van der Waals surface area (Å²) in [6, 6.07) is 13.3. The third-order valence-electron chi connectivity index (χ3n) is 6.66. The van der Waals surface area contributed by atoms with Gasteiger partial charge in [0.05, 0.1) is 11.2 Å². The highest BCUT2D eigenvalue weighted by Gasteiger charge is 2.22. The van der Waals surface area contributed by atoms with Crippen molar-refractivity contribution in [1.82, 2.24) is 14.9 Å². The summed E-state index contributed by atoms with van der Waals surface area (Å²) in [6.45, 7) is 7.51. The molecule has 1 saturated heterocycles. The maximum Gasteiger partial charge on any atom is 0.298 e. The zero-order chi connectivity index (χ0) is 21.7. The van der Waals surface area contributed by atoms with Gasteiger partial charge in [-0.2, -0.15) is 4.98 Å². The van der Waals surface area contributed by atoms with E-state index in [2.05, 4.69) is 62.3 Å². The maximum absolute atomic E-state index is 12.5. The zero-order valence-electron chi connectivity index (χ0n) is 18.3. The molecule has 0 unspecified atom stereocenters. The van der Waals surface area contributed by atoms with E-state index in [0.717, 1.165) is 85.4 Å². The molecule has 2 aliphatic heterocycles. The molecular formula is C25H27N5O2. The summed E-state index contributed by atoms with van der Waals surface area (Å²) in [5, 5.41) is 4.54. The van der Waals surface area contributed by atoms with Crippen LogP contribution in [0.5, 0.6) is 0 Å². The van der Waals surface area contributed by atoms with Crippen LogP contribution in [0.1, 0.15) is 23.1 Å². The van der Waals surface area contributed by atoms with Crippen LogP contribution < -0.4 is 15.8 Å². The van der Waals surface area contributed by atoms with Crippen LogP contribution in [-0.2, 0) is 13.0 Å². The minimum absolute atomic E-state index is 0.0407. The van der Waals surface area contributed by atoms with E-state index in [1.165, 1.54) is 11.1 Å². The van der Waals surface area contributed by atoms with Crippen LogP contribution in [0.25, 0.3) is 22.0 Å². The van der Waals surface area contributed by atoms with Crippen LogP contribution in [0.15, 0.2) is 45.6 Å². The highest BCUT2D eigenvalue weighted by atomic mass is 16.4. The Morgan fingerprint density at radius 2 is 1.97 bits per heavy atom. The monoisotopic (exact) mass is 429 g/mol. The summed E-state index contributed by atoms with van der Waals surface area (Å²) in [6.07, 6.45) is 1.86. The van der Waals surface area contributed by atoms with Gasteiger partial charge in [0.25, 0.3) is 11.6 Å². The van der Waals surface area contributed by atoms with Gasteiger partial charge in [-0.3, -0.25) is 9.69 Å². The smallest absolute Gasteiger partial charge is 0.298 e. The number of aromatic nitrogens is 2. The molecular weight excluding hydrogens is 402 g/mol. The van der Waals surface area contributed by atoms with Gasteiger partial charge in [0, 0.05) is 50.2 Å². The molecule has 6 rings (SSSR count). The van der Waals surface area contributed by atoms with Gasteiger partial charge >= 0.3 is 0 Å². The molecule has 0 spiro atoms. The van der Waals surface area contributed by atoms with E-state index in [1.54, 1.807) is 0 Å². The van der Waals surface area contributed by atoms with Crippen molar-refractivity contribution in [3.8, 4) is 0 Å². The number of anilines is 2. The number of hydrogen-bond donors (Lipinski definition) is 2. The summed E-state index contributed by atoms with van der Waals surface area (Å²) >= 11 is 0. The van der Waals surface area contributed by atoms with Gasteiger partial charge in [0.2, 0.25) is 0 Å². The lowest BCUT2D eigenvalue weighted by molar-refractivity contribution is 0.245. The number of aromatic amines is 1. The number of rotatable bonds is 3. The van der Waals surface area contributed by atoms with Gasteiger partial charge < -0.3 is 19.6 Å². The molecule has 1 fully saturated rings. The predicted molar refractivity (Wildman–Crippen MR) is 128 cm³/mol. The van der Waals surface area contributed by atoms with Gasteiger partial charge in [0.15, 0.2) is 5.58 Å². The van der Waals surface area contributed by atoms with E-state index >= 15 is 0 Å². The Morgan fingerprint density at radius 3 is 2.84 bits per heavy atom. The topological polar surface area (TPSA) is 77.4 Å². The lowest BCUT2D eigenvalue weighted by Gasteiger charge is -2.33. The first-order chi connectivity index (χ1) is 15.6. The molecule has 0 aliphatic carbocycles. The molecule has 2 aromatic heterocycles. The minimum Gasteiger partial charge on any atom is -0.423 e. The Morgan fingerprint density at radius 1 is 1.09 bits per heavy atom. The third-order valence-corrected chi connectivity index (χ3v) is 6.66. The molecule has 0 amide bonds. The fourth-order valence-corrected chi connectivity index (χ4v) is 4.92. The summed E-state index contributed by atoms with van der Waals surface area (Å²) in [5.41, 5.74) is 7.04. The van der Waals surface area contributed by atoms with Gasteiger partial charge in [-0.25, -0.2) is 0 Å². The maximum atomic E-state index is 12.5. The molecule has 4 aromatic rings. The average Bonchev–Trinajstić information content (AvgIpc) is 3.23. The van der Waals surface area contributed by atoms with Crippen molar-refractivity contribution >= 4 is 33.7 Å². The second kappa shape index (κ2) is 7.67. The Kier molecular flexibility index (Phi) is 4.64. The first-order valence-electron chi connectivity index (χ1n) is 11.4. The van der Waals surface area contributed by atoms with E-state index in [9.17, 15) is 4.79 Å². The van der Waals surface area contributed by atoms with Crippen molar-refractivity contribution in [2.24, 2.45) is 0 Å². The molecule has 2 aromatic carbocycles. The molecule has 7 nitrogen and oxygen atoms in total.